The molecule has 0 bridgehead atoms. The molecule has 0 aliphatic carbocycles. The number of hydrogen-bond donors (Lipinski definition) is 1. The molecule has 1 N–H and O–H groups in total. The third-order valence-corrected chi connectivity index (χ3v) is 6.06. The molecule has 0 saturated carbocycles. The Kier molecular flexibility index (Phi) is 6.72. The molecule has 0 spiro atoms. The first-order chi connectivity index (χ1) is 15.4. The number of para-hydroxylation sites is 2. The van der Waals surface area contributed by atoms with Crippen molar-refractivity contribution in [2.24, 2.45) is 0 Å². The SMILES string of the molecule is CC(C)c1cc(C(=O)N2CCN(CC(=O)Nc3ccccc3Cl)CC2)c2ccccc2n1. The smallest absolute Gasteiger partial charge is 0.254 e. The molecule has 2 aromatic carbocycles. The molecule has 2 heterocycles. The van der Waals surface area contributed by atoms with Crippen molar-refractivity contribution >= 4 is 40.0 Å². The van der Waals surface area contributed by atoms with E-state index in [9.17, 15) is 9.59 Å². The average molecular weight is 451 g/mol. The summed E-state index contributed by atoms with van der Waals surface area (Å²) in [6, 6.07) is 16.9. The summed E-state index contributed by atoms with van der Waals surface area (Å²) in [6.07, 6.45) is 0. The zero-order chi connectivity index (χ0) is 22.7. The van der Waals surface area contributed by atoms with E-state index < -0.39 is 0 Å². The van der Waals surface area contributed by atoms with Gasteiger partial charge in [-0.15, -0.1) is 0 Å². The fraction of sp³-hybridized carbons (Fsp3) is 0.320. The van der Waals surface area contributed by atoms with Gasteiger partial charge in [-0.2, -0.15) is 0 Å². The highest BCUT2D eigenvalue weighted by atomic mass is 35.5. The Bertz CT molecular complexity index is 1140. The van der Waals surface area contributed by atoms with Crippen LogP contribution >= 0.6 is 11.6 Å². The maximum atomic E-state index is 13.4. The number of anilines is 1. The molecule has 7 heteroatoms. The summed E-state index contributed by atoms with van der Waals surface area (Å²) >= 11 is 6.12. The van der Waals surface area contributed by atoms with E-state index >= 15 is 0 Å². The molecule has 3 aromatic rings. The van der Waals surface area contributed by atoms with E-state index in [4.69, 9.17) is 16.6 Å². The highest BCUT2D eigenvalue weighted by Gasteiger charge is 2.25. The van der Waals surface area contributed by atoms with Crippen molar-refractivity contribution < 1.29 is 9.59 Å². The minimum Gasteiger partial charge on any atom is -0.336 e. The predicted molar refractivity (Wildman–Crippen MR) is 128 cm³/mol. The number of halogens is 1. The lowest BCUT2D eigenvalue weighted by molar-refractivity contribution is -0.117. The number of fused-ring (bicyclic) bond motifs is 1. The van der Waals surface area contributed by atoms with Crippen molar-refractivity contribution in [1.82, 2.24) is 14.8 Å². The summed E-state index contributed by atoms with van der Waals surface area (Å²) in [5.74, 6) is 0.143. The van der Waals surface area contributed by atoms with Crippen molar-refractivity contribution in [1.29, 1.82) is 0 Å². The highest BCUT2D eigenvalue weighted by molar-refractivity contribution is 6.33. The number of carbonyl (C=O) groups is 2. The number of benzene rings is 2. The monoisotopic (exact) mass is 450 g/mol. The number of piperazine rings is 1. The van der Waals surface area contributed by atoms with Crippen LogP contribution in [-0.4, -0.2) is 59.3 Å². The molecule has 0 radical (unpaired) electrons. The van der Waals surface area contributed by atoms with Crippen LogP contribution in [0.5, 0.6) is 0 Å². The van der Waals surface area contributed by atoms with Gasteiger partial charge >= 0.3 is 0 Å². The molecule has 6 nitrogen and oxygen atoms in total. The van der Waals surface area contributed by atoms with E-state index in [2.05, 4.69) is 24.1 Å². The zero-order valence-electron chi connectivity index (χ0n) is 18.3. The molecule has 1 aliphatic heterocycles. The maximum absolute atomic E-state index is 13.4. The van der Waals surface area contributed by atoms with Crippen LogP contribution < -0.4 is 5.32 Å². The minimum atomic E-state index is -0.112. The van der Waals surface area contributed by atoms with Crippen LogP contribution in [0, 0.1) is 0 Å². The van der Waals surface area contributed by atoms with Crippen LogP contribution in [0.15, 0.2) is 54.6 Å². The first-order valence-electron chi connectivity index (χ1n) is 10.9. The number of carbonyl (C=O) groups excluding carboxylic acids is 2. The van der Waals surface area contributed by atoms with Gasteiger partial charge in [-0.25, -0.2) is 0 Å². The van der Waals surface area contributed by atoms with Crippen molar-refractivity contribution in [3.8, 4) is 0 Å². The number of aromatic nitrogens is 1. The molecule has 32 heavy (non-hydrogen) atoms. The second-order valence-corrected chi connectivity index (χ2v) is 8.77. The molecule has 4 rings (SSSR count). The first-order valence-corrected chi connectivity index (χ1v) is 11.3. The lowest BCUT2D eigenvalue weighted by atomic mass is 10.0. The Morgan fingerprint density at radius 1 is 1.03 bits per heavy atom. The van der Waals surface area contributed by atoms with Gasteiger partial charge in [0.25, 0.3) is 5.91 Å². The van der Waals surface area contributed by atoms with Gasteiger partial charge in [0.15, 0.2) is 0 Å². The Labute approximate surface area is 193 Å². The summed E-state index contributed by atoms with van der Waals surface area (Å²) in [7, 11) is 0. The largest absolute Gasteiger partial charge is 0.336 e. The standard InChI is InChI=1S/C25H27ClN4O2/c1-17(2)23-15-19(18-7-3-5-9-21(18)27-23)25(32)30-13-11-29(12-14-30)16-24(31)28-22-10-6-4-8-20(22)26/h3-10,15,17H,11-14,16H2,1-2H3,(H,28,31). The fourth-order valence-corrected chi connectivity index (χ4v) is 4.09. The van der Waals surface area contributed by atoms with Crippen LogP contribution in [0.3, 0.4) is 0 Å². The molecule has 0 atom stereocenters. The third kappa shape index (κ3) is 4.92. The molecule has 1 aromatic heterocycles. The molecule has 2 amide bonds. The summed E-state index contributed by atoms with van der Waals surface area (Å²) < 4.78 is 0. The van der Waals surface area contributed by atoms with Crippen LogP contribution in [-0.2, 0) is 4.79 Å². The van der Waals surface area contributed by atoms with Gasteiger partial charge in [0.2, 0.25) is 5.91 Å². The first kappa shape index (κ1) is 22.2. The van der Waals surface area contributed by atoms with E-state index in [-0.39, 0.29) is 24.3 Å². The van der Waals surface area contributed by atoms with Gasteiger partial charge in [0, 0.05) is 37.3 Å². The van der Waals surface area contributed by atoms with Gasteiger partial charge in [-0.1, -0.05) is 55.8 Å². The van der Waals surface area contributed by atoms with E-state index in [1.165, 1.54) is 0 Å². The Morgan fingerprint density at radius 2 is 1.72 bits per heavy atom. The number of amides is 2. The van der Waals surface area contributed by atoms with E-state index in [1.54, 1.807) is 12.1 Å². The van der Waals surface area contributed by atoms with Gasteiger partial charge in [0.1, 0.15) is 0 Å². The molecular weight excluding hydrogens is 424 g/mol. The lowest BCUT2D eigenvalue weighted by Crippen LogP contribution is -2.50. The van der Waals surface area contributed by atoms with Crippen LogP contribution in [0.2, 0.25) is 5.02 Å². The van der Waals surface area contributed by atoms with Crippen molar-refractivity contribution in [3.05, 3.63) is 70.9 Å². The summed E-state index contributed by atoms with van der Waals surface area (Å²) in [4.78, 5) is 34.4. The normalized spacial score (nSPS) is 14.7. The average Bonchev–Trinajstić information content (AvgIpc) is 2.80. The third-order valence-electron chi connectivity index (χ3n) is 5.73. The van der Waals surface area contributed by atoms with Crippen LogP contribution in [0.4, 0.5) is 5.69 Å². The van der Waals surface area contributed by atoms with Crippen LogP contribution in [0.1, 0.15) is 35.8 Å². The predicted octanol–water partition coefficient (Wildman–Crippen LogP) is 4.41. The second-order valence-electron chi connectivity index (χ2n) is 8.36. The van der Waals surface area contributed by atoms with Crippen LogP contribution in [0.25, 0.3) is 10.9 Å². The second kappa shape index (κ2) is 9.67. The molecule has 1 saturated heterocycles. The minimum absolute atomic E-state index is 0.0191. The topological polar surface area (TPSA) is 65.5 Å². The Morgan fingerprint density at radius 3 is 2.44 bits per heavy atom. The Balaban J connectivity index is 1.41. The number of hydrogen-bond acceptors (Lipinski definition) is 4. The molecule has 166 valence electrons. The van der Waals surface area contributed by atoms with Gasteiger partial charge in [-0.3, -0.25) is 19.5 Å². The van der Waals surface area contributed by atoms with Crippen molar-refractivity contribution in [2.75, 3.05) is 38.0 Å². The van der Waals surface area contributed by atoms with Crippen molar-refractivity contribution in [2.45, 2.75) is 19.8 Å². The van der Waals surface area contributed by atoms with E-state index in [1.807, 2.05) is 47.4 Å². The number of nitrogens with zero attached hydrogens (tertiary/aromatic N) is 3. The number of rotatable bonds is 5. The van der Waals surface area contributed by atoms with Gasteiger partial charge in [0.05, 0.1) is 28.3 Å². The van der Waals surface area contributed by atoms with Gasteiger partial charge < -0.3 is 10.2 Å². The highest BCUT2D eigenvalue weighted by Crippen LogP contribution is 2.24. The van der Waals surface area contributed by atoms with E-state index in [0.29, 0.717) is 42.5 Å². The molecule has 1 fully saturated rings. The van der Waals surface area contributed by atoms with E-state index in [0.717, 1.165) is 16.6 Å². The Hall–Kier alpha value is -2.96. The number of nitrogens with one attached hydrogen (secondary N) is 1. The summed E-state index contributed by atoms with van der Waals surface area (Å²) in [5, 5.41) is 4.25. The fourth-order valence-electron chi connectivity index (χ4n) is 3.90. The molecule has 0 unspecified atom stereocenters. The number of pyridine rings is 1. The zero-order valence-corrected chi connectivity index (χ0v) is 19.1. The summed E-state index contributed by atoms with van der Waals surface area (Å²) in [6.45, 7) is 6.86. The summed E-state index contributed by atoms with van der Waals surface area (Å²) in [5.41, 5.74) is 3.07. The van der Waals surface area contributed by atoms with Gasteiger partial charge in [-0.05, 0) is 30.2 Å². The lowest BCUT2D eigenvalue weighted by Gasteiger charge is -2.34. The van der Waals surface area contributed by atoms with Crippen molar-refractivity contribution in [3.63, 3.8) is 0 Å². The maximum Gasteiger partial charge on any atom is 0.254 e. The molecule has 1 aliphatic rings. The molecular formula is C25H27ClN4O2. The quantitative estimate of drug-likeness (QED) is 0.625.